The molecule has 0 aliphatic heterocycles. The maximum Gasteiger partial charge on any atom is 0.0469 e. The molecule has 0 unspecified atom stereocenters. The van der Waals surface area contributed by atoms with Gasteiger partial charge in [-0.15, -0.1) is 0 Å². The molecule has 1 rings (SSSR count). The Morgan fingerprint density at radius 3 is 2.43 bits per heavy atom. The van der Waals surface area contributed by atoms with Gasteiger partial charge in [-0.25, -0.2) is 0 Å². The zero-order valence-corrected chi connectivity index (χ0v) is 8.90. The molecular weight excluding hydrogens is 170 g/mol. The third-order valence-corrected chi connectivity index (χ3v) is 2.06. The summed E-state index contributed by atoms with van der Waals surface area (Å²) in [6.45, 7) is 8.75. The summed E-state index contributed by atoms with van der Waals surface area (Å²) < 4.78 is 0. The SMILES string of the molecule is C=CN(C=CC)Cc1ccc(C)cc1. The second kappa shape index (κ2) is 5.28. The standard InChI is InChI=1S/C13H17N/c1-4-10-14(5-2)11-13-8-6-12(3)7-9-13/h4-10H,2,11H2,1,3H3. The lowest BCUT2D eigenvalue weighted by Crippen LogP contribution is -2.07. The fourth-order valence-electron chi connectivity index (χ4n) is 1.27. The Labute approximate surface area is 86.4 Å². The molecule has 0 saturated carbocycles. The van der Waals surface area contributed by atoms with Gasteiger partial charge >= 0.3 is 0 Å². The summed E-state index contributed by atoms with van der Waals surface area (Å²) in [7, 11) is 0. The highest BCUT2D eigenvalue weighted by molar-refractivity contribution is 5.21. The minimum absolute atomic E-state index is 0.883. The van der Waals surface area contributed by atoms with E-state index in [0.29, 0.717) is 0 Å². The van der Waals surface area contributed by atoms with Crippen molar-refractivity contribution in [1.29, 1.82) is 0 Å². The first-order valence-electron chi connectivity index (χ1n) is 4.83. The number of aryl methyl sites for hydroxylation is 1. The summed E-state index contributed by atoms with van der Waals surface area (Å²) >= 11 is 0. The van der Waals surface area contributed by atoms with Crippen LogP contribution in [0.1, 0.15) is 18.1 Å². The molecular formula is C13H17N. The van der Waals surface area contributed by atoms with Crippen molar-refractivity contribution >= 4 is 0 Å². The van der Waals surface area contributed by atoms with Gasteiger partial charge in [0.2, 0.25) is 0 Å². The van der Waals surface area contributed by atoms with Gasteiger partial charge in [-0.2, -0.15) is 0 Å². The lowest BCUT2D eigenvalue weighted by atomic mass is 10.1. The van der Waals surface area contributed by atoms with Gasteiger partial charge in [0.1, 0.15) is 0 Å². The fourth-order valence-corrected chi connectivity index (χ4v) is 1.27. The molecule has 1 aromatic carbocycles. The van der Waals surface area contributed by atoms with Crippen molar-refractivity contribution in [2.45, 2.75) is 20.4 Å². The fraction of sp³-hybridized carbons (Fsp3) is 0.231. The van der Waals surface area contributed by atoms with Gasteiger partial charge in [0.15, 0.2) is 0 Å². The molecule has 0 aliphatic carbocycles. The molecule has 1 aromatic rings. The summed E-state index contributed by atoms with van der Waals surface area (Å²) in [5.74, 6) is 0. The van der Waals surface area contributed by atoms with Crippen LogP contribution in [0.2, 0.25) is 0 Å². The van der Waals surface area contributed by atoms with Gasteiger partial charge in [-0.1, -0.05) is 42.5 Å². The van der Waals surface area contributed by atoms with Crippen LogP contribution in [0.5, 0.6) is 0 Å². The van der Waals surface area contributed by atoms with Crippen LogP contribution in [0.4, 0.5) is 0 Å². The van der Waals surface area contributed by atoms with Crippen molar-refractivity contribution in [3.63, 3.8) is 0 Å². The molecule has 0 spiro atoms. The Morgan fingerprint density at radius 1 is 1.29 bits per heavy atom. The molecule has 1 nitrogen and oxygen atoms in total. The minimum Gasteiger partial charge on any atom is -0.351 e. The third-order valence-electron chi connectivity index (χ3n) is 2.06. The maximum absolute atomic E-state index is 3.77. The summed E-state index contributed by atoms with van der Waals surface area (Å²) in [4.78, 5) is 2.06. The molecule has 74 valence electrons. The highest BCUT2D eigenvalue weighted by Gasteiger charge is 1.95. The average molecular weight is 187 g/mol. The summed E-state index contributed by atoms with van der Waals surface area (Å²) in [6.07, 6.45) is 5.86. The topological polar surface area (TPSA) is 3.24 Å². The zero-order chi connectivity index (χ0) is 10.4. The Kier molecular flexibility index (Phi) is 3.99. The van der Waals surface area contributed by atoms with Gasteiger partial charge in [0.05, 0.1) is 0 Å². The van der Waals surface area contributed by atoms with Gasteiger partial charge in [-0.3, -0.25) is 0 Å². The van der Waals surface area contributed by atoms with Crippen LogP contribution in [0.25, 0.3) is 0 Å². The molecule has 0 fully saturated rings. The normalized spacial score (nSPS) is 10.4. The maximum atomic E-state index is 3.77. The van der Waals surface area contributed by atoms with E-state index in [0.717, 1.165) is 6.54 Å². The van der Waals surface area contributed by atoms with Crippen LogP contribution < -0.4 is 0 Å². The van der Waals surface area contributed by atoms with E-state index in [9.17, 15) is 0 Å². The lowest BCUT2D eigenvalue weighted by Gasteiger charge is -2.14. The van der Waals surface area contributed by atoms with E-state index in [1.165, 1.54) is 11.1 Å². The van der Waals surface area contributed by atoms with Crippen LogP contribution in [0, 0.1) is 6.92 Å². The Hall–Kier alpha value is -1.50. The number of benzene rings is 1. The molecule has 0 N–H and O–H groups in total. The minimum atomic E-state index is 0.883. The van der Waals surface area contributed by atoms with Gasteiger partial charge in [-0.05, 0) is 31.8 Å². The van der Waals surface area contributed by atoms with E-state index in [4.69, 9.17) is 0 Å². The van der Waals surface area contributed by atoms with Crippen LogP contribution in [-0.2, 0) is 6.54 Å². The van der Waals surface area contributed by atoms with E-state index in [-0.39, 0.29) is 0 Å². The molecule has 0 aromatic heterocycles. The van der Waals surface area contributed by atoms with Crippen molar-refractivity contribution in [2.24, 2.45) is 0 Å². The van der Waals surface area contributed by atoms with Crippen molar-refractivity contribution in [3.05, 3.63) is 60.4 Å². The van der Waals surface area contributed by atoms with Crippen molar-refractivity contribution < 1.29 is 0 Å². The summed E-state index contributed by atoms with van der Waals surface area (Å²) in [6, 6.07) is 8.56. The van der Waals surface area contributed by atoms with E-state index in [1.54, 1.807) is 0 Å². The third kappa shape index (κ3) is 3.09. The molecule has 0 amide bonds. The zero-order valence-electron chi connectivity index (χ0n) is 8.90. The highest BCUT2D eigenvalue weighted by atomic mass is 15.1. The van der Waals surface area contributed by atoms with E-state index >= 15 is 0 Å². The molecule has 0 saturated heterocycles. The smallest absolute Gasteiger partial charge is 0.0469 e. The highest BCUT2D eigenvalue weighted by Crippen LogP contribution is 2.07. The monoisotopic (exact) mass is 187 g/mol. The van der Waals surface area contributed by atoms with Crippen LogP contribution >= 0.6 is 0 Å². The second-order valence-electron chi connectivity index (χ2n) is 3.32. The number of hydrogen-bond acceptors (Lipinski definition) is 1. The average Bonchev–Trinajstić information content (AvgIpc) is 2.20. The number of rotatable bonds is 4. The first kappa shape index (κ1) is 10.6. The second-order valence-corrected chi connectivity index (χ2v) is 3.32. The predicted molar refractivity (Wildman–Crippen MR) is 61.7 cm³/mol. The molecule has 0 radical (unpaired) electrons. The Morgan fingerprint density at radius 2 is 1.93 bits per heavy atom. The van der Waals surface area contributed by atoms with Crippen molar-refractivity contribution in [3.8, 4) is 0 Å². The molecule has 14 heavy (non-hydrogen) atoms. The number of nitrogens with zero attached hydrogens (tertiary/aromatic N) is 1. The van der Waals surface area contributed by atoms with E-state index in [2.05, 4.69) is 42.7 Å². The summed E-state index contributed by atoms with van der Waals surface area (Å²) in [5, 5.41) is 0. The molecule has 0 atom stereocenters. The largest absolute Gasteiger partial charge is 0.351 e. The first-order chi connectivity index (χ1) is 6.76. The van der Waals surface area contributed by atoms with E-state index < -0.39 is 0 Å². The lowest BCUT2D eigenvalue weighted by molar-refractivity contribution is 0.502. The molecule has 0 aliphatic rings. The number of hydrogen-bond donors (Lipinski definition) is 0. The molecule has 0 heterocycles. The quantitative estimate of drug-likeness (QED) is 0.697. The molecule has 1 heteroatoms. The van der Waals surface area contributed by atoms with Crippen LogP contribution in [0.15, 0.2) is 49.3 Å². The first-order valence-corrected chi connectivity index (χ1v) is 4.83. The van der Waals surface area contributed by atoms with Crippen molar-refractivity contribution in [2.75, 3.05) is 0 Å². The van der Waals surface area contributed by atoms with Crippen LogP contribution in [0.3, 0.4) is 0 Å². The predicted octanol–water partition coefficient (Wildman–Crippen LogP) is 3.47. The van der Waals surface area contributed by atoms with Crippen LogP contribution in [-0.4, -0.2) is 4.90 Å². The Bertz CT molecular complexity index is 309. The molecule has 0 bridgehead atoms. The van der Waals surface area contributed by atoms with Gasteiger partial charge in [0.25, 0.3) is 0 Å². The van der Waals surface area contributed by atoms with Crippen molar-refractivity contribution in [1.82, 2.24) is 4.90 Å². The Balaban J connectivity index is 2.67. The summed E-state index contributed by atoms with van der Waals surface area (Å²) in [5.41, 5.74) is 2.60. The van der Waals surface area contributed by atoms with Gasteiger partial charge in [0, 0.05) is 6.54 Å². The van der Waals surface area contributed by atoms with Gasteiger partial charge < -0.3 is 4.90 Å². The number of allylic oxidation sites excluding steroid dienone is 1. The van der Waals surface area contributed by atoms with E-state index in [1.807, 2.05) is 25.4 Å².